The zero-order valence-electron chi connectivity index (χ0n) is 12.0. The molecule has 1 unspecified atom stereocenters. The van der Waals surface area contributed by atoms with E-state index >= 15 is 0 Å². The normalized spacial score (nSPS) is 12.4. The molecule has 0 saturated carbocycles. The fraction of sp³-hybridized carbons (Fsp3) is 0.267. The summed E-state index contributed by atoms with van der Waals surface area (Å²) in [6.45, 7) is 2.36. The second-order valence-electron chi connectivity index (χ2n) is 4.85. The molecule has 1 aromatic carbocycles. The number of hydrazine groups is 1. The zero-order valence-corrected chi connectivity index (χ0v) is 12.0. The van der Waals surface area contributed by atoms with E-state index in [1.165, 1.54) is 6.07 Å². The molecule has 0 aliphatic heterocycles. The summed E-state index contributed by atoms with van der Waals surface area (Å²) in [5, 5.41) is 0. The van der Waals surface area contributed by atoms with Gasteiger partial charge in [-0.2, -0.15) is 0 Å². The highest BCUT2D eigenvalue weighted by molar-refractivity contribution is 5.90. The van der Waals surface area contributed by atoms with E-state index in [4.69, 9.17) is 10.3 Å². The van der Waals surface area contributed by atoms with Gasteiger partial charge < -0.3 is 4.42 Å². The standard InChI is InChI=1S/C15H18FN3O2/c1-10(12-5-3-4-6-13(12)16)19(2)9-11-7-8-14(21-11)15(20)18-17/h3-8,10H,9,17H2,1-2H3,(H,18,20). The number of carbonyl (C=O) groups excluding carboxylic acids is 1. The average Bonchev–Trinajstić information content (AvgIpc) is 2.94. The Morgan fingerprint density at radius 3 is 2.76 bits per heavy atom. The highest BCUT2D eigenvalue weighted by Crippen LogP contribution is 2.23. The summed E-state index contributed by atoms with van der Waals surface area (Å²) < 4.78 is 19.2. The number of nitrogens with two attached hydrogens (primary N) is 1. The molecule has 0 bridgehead atoms. The van der Waals surface area contributed by atoms with Gasteiger partial charge in [0.1, 0.15) is 11.6 Å². The van der Waals surface area contributed by atoms with E-state index in [9.17, 15) is 9.18 Å². The largest absolute Gasteiger partial charge is 0.455 e. The molecule has 21 heavy (non-hydrogen) atoms. The Morgan fingerprint density at radius 1 is 1.38 bits per heavy atom. The lowest BCUT2D eigenvalue weighted by molar-refractivity contribution is 0.0921. The van der Waals surface area contributed by atoms with Gasteiger partial charge in [0.2, 0.25) is 0 Å². The molecule has 1 amide bonds. The summed E-state index contributed by atoms with van der Waals surface area (Å²) >= 11 is 0. The second kappa shape index (κ2) is 6.51. The van der Waals surface area contributed by atoms with Gasteiger partial charge in [0.15, 0.2) is 5.76 Å². The van der Waals surface area contributed by atoms with Gasteiger partial charge in [-0.1, -0.05) is 18.2 Å². The van der Waals surface area contributed by atoms with E-state index in [1.54, 1.807) is 30.3 Å². The fourth-order valence-corrected chi connectivity index (χ4v) is 2.09. The van der Waals surface area contributed by atoms with Crippen LogP contribution in [0.5, 0.6) is 0 Å². The highest BCUT2D eigenvalue weighted by Gasteiger charge is 2.17. The monoisotopic (exact) mass is 291 g/mol. The molecule has 3 N–H and O–H groups in total. The van der Waals surface area contributed by atoms with Crippen LogP contribution in [0.25, 0.3) is 0 Å². The minimum absolute atomic E-state index is 0.122. The predicted octanol–water partition coefficient (Wildman–Crippen LogP) is 2.22. The third-order valence-electron chi connectivity index (χ3n) is 3.44. The first kappa shape index (κ1) is 15.2. The Hall–Kier alpha value is -2.18. The van der Waals surface area contributed by atoms with Crippen molar-refractivity contribution in [2.24, 2.45) is 5.84 Å². The third-order valence-corrected chi connectivity index (χ3v) is 3.44. The number of benzene rings is 1. The maximum atomic E-state index is 13.8. The van der Waals surface area contributed by atoms with Crippen molar-refractivity contribution in [2.75, 3.05) is 7.05 Å². The molecule has 1 aromatic heterocycles. The Bertz CT molecular complexity index is 627. The number of nitrogen functional groups attached to an aromatic ring is 1. The van der Waals surface area contributed by atoms with Gasteiger partial charge >= 0.3 is 5.91 Å². The number of carbonyl (C=O) groups is 1. The Kier molecular flexibility index (Phi) is 4.72. The summed E-state index contributed by atoms with van der Waals surface area (Å²) in [6, 6.07) is 9.80. The summed E-state index contributed by atoms with van der Waals surface area (Å²) in [5.74, 6) is 5.09. The van der Waals surface area contributed by atoms with E-state index in [-0.39, 0.29) is 17.6 Å². The Morgan fingerprint density at radius 2 is 2.10 bits per heavy atom. The minimum atomic E-state index is -0.481. The Balaban J connectivity index is 2.07. The van der Waals surface area contributed by atoms with Gasteiger partial charge in [-0.05, 0) is 32.2 Å². The molecule has 0 saturated heterocycles. The summed E-state index contributed by atoms with van der Waals surface area (Å²) in [5.41, 5.74) is 2.63. The van der Waals surface area contributed by atoms with Gasteiger partial charge in [0, 0.05) is 11.6 Å². The lowest BCUT2D eigenvalue weighted by Gasteiger charge is -2.24. The topological polar surface area (TPSA) is 71.5 Å². The number of rotatable bonds is 5. The summed E-state index contributed by atoms with van der Waals surface area (Å²) in [7, 11) is 1.86. The minimum Gasteiger partial charge on any atom is -0.455 e. The molecule has 1 atom stereocenters. The number of halogens is 1. The van der Waals surface area contributed by atoms with Gasteiger partial charge in [-0.25, -0.2) is 10.2 Å². The molecule has 0 radical (unpaired) electrons. The SMILES string of the molecule is CC(c1ccccc1F)N(C)Cc1ccc(C(=O)NN)o1. The van der Waals surface area contributed by atoms with Gasteiger partial charge in [-0.15, -0.1) is 0 Å². The second-order valence-corrected chi connectivity index (χ2v) is 4.85. The van der Waals surface area contributed by atoms with Gasteiger partial charge in [-0.3, -0.25) is 15.1 Å². The van der Waals surface area contributed by atoms with Crippen molar-refractivity contribution in [1.82, 2.24) is 10.3 Å². The molecular weight excluding hydrogens is 273 g/mol. The van der Waals surface area contributed by atoms with Crippen LogP contribution in [-0.4, -0.2) is 17.9 Å². The molecule has 2 rings (SSSR count). The van der Waals surface area contributed by atoms with Crippen molar-refractivity contribution in [3.8, 4) is 0 Å². The smallest absolute Gasteiger partial charge is 0.300 e. The molecule has 0 aliphatic carbocycles. The van der Waals surface area contributed by atoms with E-state index in [2.05, 4.69) is 0 Å². The molecular formula is C15H18FN3O2. The fourth-order valence-electron chi connectivity index (χ4n) is 2.09. The van der Waals surface area contributed by atoms with Crippen molar-refractivity contribution in [3.05, 3.63) is 59.3 Å². The average molecular weight is 291 g/mol. The van der Waals surface area contributed by atoms with Crippen molar-refractivity contribution in [1.29, 1.82) is 0 Å². The Labute approximate surface area is 122 Å². The summed E-state index contributed by atoms with van der Waals surface area (Å²) in [4.78, 5) is 13.3. The van der Waals surface area contributed by atoms with E-state index in [1.807, 2.05) is 24.3 Å². The predicted molar refractivity (Wildman–Crippen MR) is 76.6 cm³/mol. The van der Waals surface area contributed by atoms with Gasteiger partial charge in [0.05, 0.1) is 6.54 Å². The summed E-state index contributed by atoms with van der Waals surface area (Å²) in [6.07, 6.45) is 0. The number of hydrogen-bond donors (Lipinski definition) is 2. The van der Waals surface area contributed by atoms with Crippen LogP contribution >= 0.6 is 0 Å². The van der Waals surface area contributed by atoms with Crippen molar-refractivity contribution in [3.63, 3.8) is 0 Å². The van der Waals surface area contributed by atoms with Gasteiger partial charge in [0.25, 0.3) is 0 Å². The van der Waals surface area contributed by atoms with E-state index < -0.39 is 5.91 Å². The first-order valence-electron chi connectivity index (χ1n) is 6.57. The van der Waals surface area contributed by atoms with Crippen LogP contribution in [0.1, 0.15) is 34.8 Å². The third kappa shape index (κ3) is 3.48. The van der Waals surface area contributed by atoms with Crippen LogP contribution in [-0.2, 0) is 6.54 Å². The van der Waals surface area contributed by atoms with E-state index in [0.717, 1.165) is 0 Å². The molecule has 112 valence electrons. The number of hydrogen-bond acceptors (Lipinski definition) is 4. The molecule has 5 nitrogen and oxygen atoms in total. The molecule has 0 spiro atoms. The molecule has 0 fully saturated rings. The number of amides is 1. The first-order valence-corrected chi connectivity index (χ1v) is 6.57. The van der Waals surface area contributed by atoms with Crippen LogP contribution in [0.15, 0.2) is 40.8 Å². The zero-order chi connectivity index (χ0) is 15.4. The number of furan rings is 1. The first-order chi connectivity index (χ1) is 10.0. The van der Waals surface area contributed by atoms with Crippen molar-refractivity contribution in [2.45, 2.75) is 19.5 Å². The maximum Gasteiger partial charge on any atom is 0.300 e. The lowest BCUT2D eigenvalue weighted by Crippen LogP contribution is -2.29. The quantitative estimate of drug-likeness (QED) is 0.503. The molecule has 6 heteroatoms. The van der Waals surface area contributed by atoms with Crippen LogP contribution in [0.3, 0.4) is 0 Å². The number of nitrogens with zero attached hydrogens (tertiary/aromatic N) is 1. The number of nitrogens with one attached hydrogen (secondary N) is 1. The van der Waals surface area contributed by atoms with E-state index in [0.29, 0.717) is 17.9 Å². The van der Waals surface area contributed by atoms with Crippen molar-refractivity contribution < 1.29 is 13.6 Å². The van der Waals surface area contributed by atoms with Crippen LogP contribution in [0.4, 0.5) is 4.39 Å². The maximum absolute atomic E-state index is 13.8. The molecule has 0 aliphatic rings. The highest BCUT2D eigenvalue weighted by atomic mass is 19.1. The van der Waals surface area contributed by atoms with Crippen LogP contribution in [0, 0.1) is 5.82 Å². The van der Waals surface area contributed by atoms with Crippen molar-refractivity contribution >= 4 is 5.91 Å². The lowest BCUT2D eigenvalue weighted by atomic mass is 10.1. The van der Waals surface area contributed by atoms with Crippen LogP contribution in [0.2, 0.25) is 0 Å². The molecule has 2 aromatic rings. The van der Waals surface area contributed by atoms with Crippen LogP contribution < -0.4 is 11.3 Å². The molecule has 1 heterocycles.